The van der Waals surface area contributed by atoms with E-state index in [1.807, 2.05) is 0 Å². The second kappa shape index (κ2) is 3.82. The van der Waals surface area contributed by atoms with E-state index in [9.17, 15) is 18.3 Å². The van der Waals surface area contributed by atoms with Crippen LogP contribution in [0.3, 0.4) is 0 Å². The number of hydrogen-bond acceptors (Lipinski definition) is 2. The molecular weight excluding hydrogens is 243 g/mol. The summed E-state index contributed by atoms with van der Waals surface area (Å²) in [5.74, 6) is -0.415. The van der Waals surface area contributed by atoms with Crippen molar-refractivity contribution in [3.8, 4) is 5.75 Å². The van der Waals surface area contributed by atoms with Gasteiger partial charge >= 0.3 is 6.18 Å². The molecule has 2 nitrogen and oxygen atoms in total. The van der Waals surface area contributed by atoms with Crippen LogP contribution in [-0.2, 0) is 11.7 Å². The van der Waals surface area contributed by atoms with Crippen molar-refractivity contribution in [1.82, 2.24) is 0 Å². The van der Waals surface area contributed by atoms with Crippen LogP contribution in [0.1, 0.15) is 25.0 Å². The van der Waals surface area contributed by atoms with Crippen LogP contribution in [-0.4, -0.2) is 5.11 Å². The van der Waals surface area contributed by atoms with Gasteiger partial charge in [0.05, 0.1) is 10.6 Å². The molecule has 16 heavy (non-hydrogen) atoms. The lowest BCUT2D eigenvalue weighted by atomic mass is 9.93. The van der Waals surface area contributed by atoms with Gasteiger partial charge < -0.3 is 10.8 Å². The van der Waals surface area contributed by atoms with Crippen molar-refractivity contribution in [2.45, 2.75) is 25.6 Å². The molecule has 0 atom stereocenters. The summed E-state index contributed by atoms with van der Waals surface area (Å²) >= 11 is 5.53. The standard InChI is InChI=1S/C10H11ClF3NO/c1-9(2,15)6-3-5(10(12,13)14)4-7(11)8(6)16/h3-4,16H,15H2,1-2H3. The molecule has 0 saturated carbocycles. The van der Waals surface area contributed by atoms with Gasteiger partial charge in [0.2, 0.25) is 0 Å². The highest BCUT2D eigenvalue weighted by Crippen LogP contribution is 2.39. The lowest BCUT2D eigenvalue weighted by Gasteiger charge is -2.22. The number of nitrogens with two attached hydrogens (primary N) is 1. The average Bonchev–Trinajstić information content (AvgIpc) is 2.05. The molecule has 0 bridgehead atoms. The first-order valence-electron chi connectivity index (χ1n) is 4.42. The van der Waals surface area contributed by atoms with E-state index in [0.717, 1.165) is 6.07 Å². The Kier molecular flexibility index (Phi) is 3.13. The van der Waals surface area contributed by atoms with Gasteiger partial charge in [-0.05, 0) is 26.0 Å². The van der Waals surface area contributed by atoms with E-state index < -0.39 is 23.0 Å². The molecule has 0 unspecified atom stereocenters. The van der Waals surface area contributed by atoms with Gasteiger partial charge in [-0.15, -0.1) is 0 Å². The maximum atomic E-state index is 12.5. The molecule has 0 aromatic heterocycles. The van der Waals surface area contributed by atoms with Crippen LogP contribution in [0, 0.1) is 0 Å². The van der Waals surface area contributed by atoms with Gasteiger partial charge in [-0.3, -0.25) is 0 Å². The summed E-state index contributed by atoms with van der Waals surface area (Å²) < 4.78 is 37.5. The van der Waals surface area contributed by atoms with E-state index in [2.05, 4.69) is 0 Å². The van der Waals surface area contributed by atoms with Gasteiger partial charge in [0.25, 0.3) is 0 Å². The summed E-state index contributed by atoms with van der Waals surface area (Å²) in [6.07, 6.45) is -4.52. The summed E-state index contributed by atoms with van der Waals surface area (Å²) in [6, 6.07) is 1.48. The molecule has 0 aliphatic carbocycles. The molecule has 1 aromatic rings. The molecule has 3 N–H and O–H groups in total. The molecular formula is C10H11ClF3NO. The maximum absolute atomic E-state index is 12.5. The van der Waals surface area contributed by atoms with E-state index in [1.165, 1.54) is 13.8 Å². The minimum atomic E-state index is -4.52. The van der Waals surface area contributed by atoms with Crippen molar-refractivity contribution in [3.63, 3.8) is 0 Å². The number of benzene rings is 1. The molecule has 0 fully saturated rings. The van der Waals surface area contributed by atoms with Crippen molar-refractivity contribution in [3.05, 3.63) is 28.3 Å². The Balaban J connectivity index is 3.46. The highest BCUT2D eigenvalue weighted by molar-refractivity contribution is 6.32. The molecule has 1 aromatic carbocycles. The second-order valence-corrected chi connectivity index (χ2v) is 4.48. The monoisotopic (exact) mass is 253 g/mol. The number of halogens is 4. The third-order valence-electron chi connectivity index (χ3n) is 2.08. The Morgan fingerprint density at radius 2 is 1.75 bits per heavy atom. The summed E-state index contributed by atoms with van der Waals surface area (Å²) in [5, 5.41) is 9.19. The first kappa shape index (κ1) is 13.1. The first-order chi connectivity index (χ1) is 7.03. The zero-order valence-corrected chi connectivity index (χ0v) is 9.45. The van der Waals surface area contributed by atoms with E-state index in [0.29, 0.717) is 6.07 Å². The fourth-order valence-corrected chi connectivity index (χ4v) is 1.47. The molecule has 1 rings (SSSR count). The van der Waals surface area contributed by atoms with Crippen LogP contribution in [0.4, 0.5) is 13.2 Å². The number of phenols is 1. The Morgan fingerprint density at radius 3 is 2.12 bits per heavy atom. The number of hydrogen-bond donors (Lipinski definition) is 2. The molecule has 90 valence electrons. The quantitative estimate of drug-likeness (QED) is 0.807. The van der Waals surface area contributed by atoms with Gasteiger partial charge in [-0.1, -0.05) is 11.6 Å². The Bertz CT molecular complexity index is 410. The Morgan fingerprint density at radius 1 is 1.25 bits per heavy atom. The first-order valence-corrected chi connectivity index (χ1v) is 4.80. The zero-order chi connectivity index (χ0) is 12.7. The van der Waals surface area contributed by atoms with Gasteiger partial charge in [-0.25, -0.2) is 0 Å². The third-order valence-corrected chi connectivity index (χ3v) is 2.37. The largest absolute Gasteiger partial charge is 0.506 e. The van der Waals surface area contributed by atoms with Crippen LogP contribution in [0.5, 0.6) is 5.75 Å². The molecule has 0 spiro atoms. The van der Waals surface area contributed by atoms with Crippen LogP contribution < -0.4 is 5.73 Å². The third kappa shape index (κ3) is 2.59. The smallest absolute Gasteiger partial charge is 0.416 e. The van der Waals surface area contributed by atoms with Gasteiger partial charge in [0, 0.05) is 11.1 Å². The Labute approximate surface area is 95.8 Å². The van der Waals surface area contributed by atoms with E-state index in [4.69, 9.17) is 17.3 Å². The molecule has 6 heteroatoms. The minimum Gasteiger partial charge on any atom is -0.506 e. The minimum absolute atomic E-state index is 0.0349. The normalized spacial score (nSPS) is 12.9. The molecule has 0 saturated heterocycles. The maximum Gasteiger partial charge on any atom is 0.416 e. The number of rotatable bonds is 1. The fourth-order valence-electron chi connectivity index (χ4n) is 1.25. The number of phenolic OH excluding ortho intramolecular Hbond substituents is 1. The van der Waals surface area contributed by atoms with Crippen LogP contribution in [0.25, 0.3) is 0 Å². The lowest BCUT2D eigenvalue weighted by Crippen LogP contribution is -2.29. The van der Waals surface area contributed by atoms with Crippen molar-refractivity contribution in [1.29, 1.82) is 0 Å². The topological polar surface area (TPSA) is 46.2 Å². The van der Waals surface area contributed by atoms with Crippen LogP contribution in [0.2, 0.25) is 5.02 Å². The van der Waals surface area contributed by atoms with Gasteiger partial charge in [0.15, 0.2) is 0 Å². The average molecular weight is 254 g/mol. The van der Waals surface area contributed by atoms with Crippen LogP contribution in [0.15, 0.2) is 12.1 Å². The van der Waals surface area contributed by atoms with Gasteiger partial charge in [0.1, 0.15) is 5.75 Å². The summed E-state index contributed by atoms with van der Waals surface area (Å²) in [7, 11) is 0. The molecule has 0 radical (unpaired) electrons. The lowest BCUT2D eigenvalue weighted by molar-refractivity contribution is -0.137. The highest BCUT2D eigenvalue weighted by atomic mass is 35.5. The van der Waals surface area contributed by atoms with Crippen LogP contribution >= 0.6 is 11.6 Å². The molecule has 0 aliphatic rings. The summed E-state index contributed by atoms with van der Waals surface area (Å²) in [4.78, 5) is 0. The summed E-state index contributed by atoms with van der Waals surface area (Å²) in [6.45, 7) is 2.97. The second-order valence-electron chi connectivity index (χ2n) is 4.07. The van der Waals surface area contributed by atoms with E-state index in [1.54, 1.807) is 0 Å². The molecule has 0 heterocycles. The highest BCUT2D eigenvalue weighted by Gasteiger charge is 2.33. The fraction of sp³-hybridized carbons (Fsp3) is 0.400. The van der Waals surface area contributed by atoms with Crippen molar-refractivity contribution in [2.75, 3.05) is 0 Å². The van der Waals surface area contributed by atoms with E-state index >= 15 is 0 Å². The predicted molar refractivity (Wildman–Crippen MR) is 55.3 cm³/mol. The summed E-state index contributed by atoms with van der Waals surface area (Å²) in [5.41, 5.74) is 3.59. The zero-order valence-electron chi connectivity index (χ0n) is 8.69. The van der Waals surface area contributed by atoms with Crippen molar-refractivity contribution >= 4 is 11.6 Å². The Hall–Kier alpha value is -0.940. The van der Waals surface area contributed by atoms with Gasteiger partial charge in [-0.2, -0.15) is 13.2 Å². The SMILES string of the molecule is CC(C)(N)c1cc(C(F)(F)F)cc(Cl)c1O. The number of aromatic hydroxyl groups is 1. The van der Waals surface area contributed by atoms with Crippen molar-refractivity contribution < 1.29 is 18.3 Å². The predicted octanol–water partition coefficient (Wildman–Crippen LogP) is 3.26. The molecule has 0 amide bonds. The number of alkyl halides is 3. The van der Waals surface area contributed by atoms with E-state index in [-0.39, 0.29) is 10.6 Å². The molecule has 0 aliphatic heterocycles. The van der Waals surface area contributed by atoms with Crippen molar-refractivity contribution in [2.24, 2.45) is 5.73 Å².